The van der Waals surface area contributed by atoms with E-state index < -0.39 is 0 Å². The number of benzene rings is 2. The van der Waals surface area contributed by atoms with Gasteiger partial charge in [0.2, 0.25) is 0 Å². The molecule has 0 bridgehead atoms. The first kappa shape index (κ1) is 14.5. The van der Waals surface area contributed by atoms with Crippen molar-refractivity contribution in [2.45, 2.75) is 13.5 Å². The van der Waals surface area contributed by atoms with Gasteiger partial charge in [0.15, 0.2) is 0 Å². The fourth-order valence-corrected chi connectivity index (χ4v) is 2.24. The third-order valence-corrected chi connectivity index (χ3v) is 3.35. The first-order valence-electron chi connectivity index (χ1n) is 6.35. The van der Waals surface area contributed by atoms with Crippen LogP contribution in [-0.2, 0) is 6.54 Å². The highest BCUT2D eigenvalue weighted by atomic mass is 35.5. The molecule has 0 aliphatic rings. The number of hydrogen-bond donors (Lipinski definition) is 1. The van der Waals surface area contributed by atoms with Crippen molar-refractivity contribution in [3.63, 3.8) is 0 Å². The summed E-state index contributed by atoms with van der Waals surface area (Å²) in [4.78, 5) is 0. The van der Waals surface area contributed by atoms with Gasteiger partial charge in [0.05, 0.1) is 24.9 Å². The van der Waals surface area contributed by atoms with Crippen LogP contribution in [0.15, 0.2) is 36.4 Å². The summed E-state index contributed by atoms with van der Waals surface area (Å²) in [6.45, 7) is 2.71. The average molecular weight is 292 g/mol. The summed E-state index contributed by atoms with van der Waals surface area (Å²) in [5.74, 6) is 1.52. The molecule has 0 saturated heterocycles. The van der Waals surface area contributed by atoms with Crippen molar-refractivity contribution in [3.8, 4) is 11.5 Å². The Hall–Kier alpha value is -1.87. The van der Waals surface area contributed by atoms with Gasteiger partial charge >= 0.3 is 0 Å². The molecule has 0 radical (unpaired) electrons. The molecule has 4 heteroatoms. The van der Waals surface area contributed by atoms with Crippen molar-refractivity contribution in [2.24, 2.45) is 0 Å². The molecule has 0 spiro atoms. The molecule has 0 aliphatic carbocycles. The molecule has 0 aromatic heterocycles. The van der Waals surface area contributed by atoms with Crippen molar-refractivity contribution < 1.29 is 9.47 Å². The lowest BCUT2D eigenvalue weighted by atomic mass is 10.2. The van der Waals surface area contributed by atoms with Crippen LogP contribution in [0.4, 0.5) is 5.69 Å². The maximum Gasteiger partial charge on any atom is 0.142 e. The van der Waals surface area contributed by atoms with Gasteiger partial charge in [-0.25, -0.2) is 0 Å². The van der Waals surface area contributed by atoms with Crippen LogP contribution in [0.3, 0.4) is 0 Å². The molecule has 0 fully saturated rings. The molecule has 2 rings (SSSR count). The van der Waals surface area contributed by atoms with Crippen molar-refractivity contribution in [1.29, 1.82) is 0 Å². The Morgan fingerprint density at radius 1 is 1.00 bits per heavy atom. The predicted octanol–water partition coefficient (Wildman–Crippen LogP) is 4.28. The molecule has 3 nitrogen and oxygen atoms in total. The molecular formula is C16H18ClNO2. The third-order valence-electron chi connectivity index (χ3n) is 3.06. The van der Waals surface area contributed by atoms with Crippen LogP contribution in [0.1, 0.15) is 11.1 Å². The maximum atomic E-state index is 6.11. The van der Waals surface area contributed by atoms with Crippen LogP contribution in [-0.4, -0.2) is 14.2 Å². The van der Waals surface area contributed by atoms with E-state index in [-0.39, 0.29) is 0 Å². The molecule has 0 saturated carbocycles. The minimum Gasteiger partial charge on any atom is -0.495 e. The molecule has 0 amide bonds. The summed E-state index contributed by atoms with van der Waals surface area (Å²) >= 11 is 6.11. The Morgan fingerprint density at radius 3 is 2.40 bits per heavy atom. The first-order chi connectivity index (χ1) is 9.63. The summed E-state index contributed by atoms with van der Waals surface area (Å²) in [5, 5.41) is 3.96. The lowest BCUT2D eigenvalue weighted by Gasteiger charge is -2.12. The van der Waals surface area contributed by atoms with Crippen molar-refractivity contribution in [1.82, 2.24) is 0 Å². The highest BCUT2D eigenvalue weighted by molar-refractivity contribution is 6.32. The van der Waals surface area contributed by atoms with Crippen LogP contribution < -0.4 is 14.8 Å². The molecule has 0 aliphatic heterocycles. The average Bonchev–Trinajstić information content (AvgIpc) is 2.46. The Labute approximate surface area is 124 Å². The summed E-state index contributed by atoms with van der Waals surface area (Å²) < 4.78 is 10.5. The van der Waals surface area contributed by atoms with Gasteiger partial charge in [-0.3, -0.25) is 0 Å². The summed E-state index contributed by atoms with van der Waals surface area (Å²) in [5.41, 5.74) is 3.21. The predicted molar refractivity (Wildman–Crippen MR) is 83.1 cm³/mol. The number of ether oxygens (including phenoxy) is 2. The van der Waals surface area contributed by atoms with Crippen LogP contribution in [0.5, 0.6) is 11.5 Å². The largest absolute Gasteiger partial charge is 0.495 e. The number of nitrogens with one attached hydrogen (secondary N) is 1. The van der Waals surface area contributed by atoms with Crippen LogP contribution in [0.2, 0.25) is 5.02 Å². The molecule has 0 atom stereocenters. The molecule has 1 N–H and O–H groups in total. The lowest BCUT2D eigenvalue weighted by molar-refractivity contribution is 0.414. The lowest BCUT2D eigenvalue weighted by Crippen LogP contribution is -2.01. The zero-order valence-corrected chi connectivity index (χ0v) is 12.6. The number of hydrogen-bond acceptors (Lipinski definition) is 3. The van der Waals surface area contributed by atoms with Gasteiger partial charge in [0.1, 0.15) is 11.5 Å². The number of anilines is 1. The van der Waals surface area contributed by atoms with Gasteiger partial charge in [0.25, 0.3) is 0 Å². The van der Waals surface area contributed by atoms with E-state index >= 15 is 0 Å². The summed E-state index contributed by atoms with van der Waals surface area (Å²) in [6.07, 6.45) is 0. The second-order valence-corrected chi connectivity index (χ2v) is 4.93. The number of methoxy groups -OCH3 is 2. The smallest absolute Gasteiger partial charge is 0.142 e. The molecule has 0 heterocycles. The Balaban J connectivity index is 2.10. The van der Waals surface area contributed by atoms with Gasteiger partial charge < -0.3 is 14.8 Å². The van der Waals surface area contributed by atoms with Gasteiger partial charge in [-0.05, 0) is 42.3 Å². The van der Waals surface area contributed by atoms with E-state index in [9.17, 15) is 0 Å². The van der Waals surface area contributed by atoms with Crippen LogP contribution >= 0.6 is 11.6 Å². The zero-order chi connectivity index (χ0) is 14.5. The van der Waals surface area contributed by atoms with Crippen molar-refractivity contribution in [2.75, 3.05) is 19.5 Å². The van der Waals surface area contributed by atoms with E-state index in [0.29, 0.717) is 17.3 Å². The quantitative estimate of drug-likeness (QED) is 0.892. The van der Waals surface area contributed by atoms with Crippen molar-refractivity contribution >= 4 is 17.3 Å². The monoisotopic (exact) mass is 291 g/mol. The topological polar surface area (TPSA) is 30.5 Å². The van der Waals surface area contributed by atoms with Crippen LogP contribution in [0, 0.1) is 6.92 Å². The van der Waals surface area contributed by atoms with Crippen LogP contribution in [0.25, 0.3) is 0 Å². The fourth-order valence-electron chi connectivity index (χ4n) is 1.96. The van der Waals surface area contributed by atoms with E-state index in [1.807, 2.05) is 43.3 Å². The van der Waals surface area contributed by atoms with Gasteiger partial charge in [0, 0.05) is 6.54 Å². The standard InChI is InChI=1S/C16H18ClNO2/c1-11-4-6-14(16(8-11)20-3)18-10-12-5-7-15(19-2)13(17)9-12/h4-9,18H,10H2,1-3H3. The van der Waals surface area contributed by atoms with E-state index in [2.05, 4.69) is 5.32 Å². The fraction of sp³-hybridized carbons (Fsp3) is 0.250. The normalized spacial score (nSPS) is 10.2. The highest BCUT2D eigenvalue weighted by Crippen LogP contribution is 2.28. The Kier molecular flexibility index (Phi) is 4.74. The highest BCUT2D eigenvalue weighted by Gasteiger charge is 2.05. The van der Waals surface area contributed by atoms with Gasteiger partial charge in [-0.1, -0.05) is 23.7 Å². The van der Waals surface area contributed by atoms with E-state index in [0.717, 1.165) is 17.0 Å². The number of rotatable bonds is 5. The molecule has 2 aromatic carbocycles. The second-order valence-electron chi connectivity index (χ2n) is 4.53. The van der Waals surface area contributed by atoms with E-state index in [1.165, 1.54) is 5.56 Å². The third kappa shape index (κ3) is 3.36. The zero-order valence-electron chi connectivity index (χ0n) is 11.9. The Bertz CT molecular complexity index is 599. The molecule has 0 unspecified atom stereocenters. The Morgan fingerprint density at radius 2 is 1.75 bits per heavy atom. The van der Waals surface area contributed by atoms with Gasteiger partial charge in [-0.15, -0.1) is 0 Å². The molecule has 20 heavy (non-hydrogen) atoms. The summed E-state index contributed by atoms with van der Waals surface area (Å²) in [7, 11) is 3.28. The minimum absolute atomic E-state index is 0.614. The molecular weight excluding hydrogens is 274 g/mol. The minimum atomic E-state index is 0.614. The van der Waals surface area contributed by atoms with Gasteiger partial charge in [-0.2, -0.15) is 0 Å². The SMILES string of the molecule is COc1ccc(CNc2ccc(C)cc2OC)cc1Cl. The first-order valence-corrected chi connectivity index (χ1v) is 6.72. The molecule has 106 valence electrons. The summed E-state index contributed by atoms with van der Waals surface area (Å²) in [6, 6.07) is 11.8. The molecule has 2 aromatic rings. The van der Waals surface area contributed by atoms with Crippen molar-refractivity contribution in [3.05, 3.63) is 52.5 Å². The van der Waals surface area contributed by atoms with E-state index in [1.54, 1.807) is 14.2 Å². The number of aryl methyl sites for hydroxylation is 1. The maximum absolute atomic E-state index is 6.11. The van der Waals surface area contributed by atoms with E-state index in [4.69, 9.17) is 21.1 Å². The second kappa shape index (κ2) is 6.53. The number of halogens is 1.